The van der Waals surface area contributed by atoms with Crippen LogP contribution in [0.3, 0.4) is 0 Å². The second kappa shape index (κ2) is 8.14. The first-order valence-electron chi connectivity index (χ1n) is 8.83. The molecule has 0 radical (unpaired) electrons. The first-order valence-corrected chi connectivity index (χ1v) is 8.83. The Kier molecular flexibility index (Phi) is 6.17. The highest BCUT2D eigenvalue weighted by Crippen LogP contribution is 2.14. The summed E-state index contributed by atoms with van der Waals surface area (Å²) in [5.74, 6) is -0.998. The van der Waals surface area contributed by atoms with E-state index in [0.29, 0.717) is 25.2 Å². The van der Waals surface area contributed by atoms with E-state index >= 15 is 0 Å². The number of nitrogens with one attached hydrogen (secondary N) is 1. The van der Waals surface area contributed by atoms with Gasteiger partial charge in [-0.1, -0.05) is 19.1 Å². The summed E-state index contributed by atoms with van der Waals surface area (Å²) in [6, 6.07) is 7.33. The van der Waals surface area contributed by atoms with Gasteiger partial charge in [-0.05, 0) is 44.9 Å². The van der Waals surface area contributed by atoms with Crippen LogP contribution in [-0.4, -0.2) is 52.7 Å². The monoisotopic (exact) mass is 345 g/mol. The maximum Gasteiger partial charge on any atom is 0.312 e. The van der Waals surface area contributed by atoms with Gasteiger partial charge in [0.1, 0.15) is 0 Å². The lowest BCUT2D eigenvalue weighted by Crippen LogP contribution is -2.55. The highest BCUT2D eigenvalue weighted by atomic mass is 16.2. The van der Waals surface area contributed by atoms with Crippen LogP contribution >= 0.6 is 0 Å². The number of carbonyl (C=O) groups is 3. The van der Waals surface area contributed by atoms with Gasteiger partial charge in [0.2, 0.25) is 0 Å². The Labute approximate surface area is 149 Å². The molecule has 6 heteroatoms. The van der Waals surface area contributed by atoms with Crippen LogP contribution in [0.5, 0.6) is 0 Å². The summed E-state index contributed by atoms with van der Waals surface area (Å²) >= 11 is 0. The Hall–Kier alpha value is -2.37. The van der Waals surface area contributed by atoms with E-state index in [1.807, 2.05) is 39.8 Å². The molecule has 1 saturated heterocycles. The van der Waals surface area contributed by atoms with E-state index < -0.39 is 11.8 Å². The number of hydrogen-bond donors (Lipinski definition) is 1. The molecule has 136 valence electrons. The average molecular weight is 345 g/mol. The van der Waals surface area contributed by atoms with Crippen molar-refractivity contribution in [1.29, 1.82) is 0 Å². The zero-order chi connectivity index (χ0) is 18.6. The summed E-state index contributed by atoms with van der Waals surface area (Å²) in [6.45, 7) is 9.26. The Morgan fingerprint density at radius 3 is 2.28 bits per heavy atom. The van der Waals surface area contributed by atoms with E-state index in [9.17, 15) is 14.4 Å². The van der Waals surface area contributed by atoms with Gasteiger partial charge in [-0.15, -0.1) is 0 Å². The Bertz CT molecular complexity index is 640. The van der Waals surface area contributed by atoms with E-state index in [1.165, 1.54) is 0 Å². The van der Waals surface area contributed by atoms with Gasteiger partial charge < -0.3 is 15.1 Å². The van der Waals surface area contributed by atoms with Gasteiger partial charge in [0.05, 0.1) is 0 Å². The minimum absolute atomic E-state index is 0.0295. The van der Waals surface area contributed by atoms with Crippen molar-refractivity contribution >= 4 is 17.7 Å². The fraction of sp³-hybridized carbons (Fsp3) is 0.526. The Morgan fingerprint density at radius 1 is 1.08 bits per heavy atom. The largest absolute Gasteiger partial charge is 0.350 e. The summed E-state index contributed by atoms with van der Waals surface area (Å²) in [5, 5.41) is 2.92. The van der Waals surface area contributed by atoms with Crippen LogP contribution in [0.2, 0.25) is 0 Å². The van der Waals surface area contributed by atoms with Crippen LogP contribution in [-0.2, 0) is 16.1 Å². The molecule has 25 heavy (non-hydrogen) atoms. The minimum atomic E-state index is -0.460. The lowest BCUT2D eigenvalue weighted by Gasteiger charge is -2.36. The van der Waals surface area contributed by atoms with Crippen molar-refractivity contribution in [1.82, 2.24) is 15.1 Å². The Balaban J connectivity index is 1.99. The normalized spacial score (nSPS) is 16.4. The summed E-state index contributed by atoms with van der Waals surface area (Å²) in [4.78, 5) is 39.6. The zero-order valence-corrected chi connectivity index (χ0v) is 15.4. The molecule has 6 nitrogen and oxygen atoms in total. The molecule has 1 aromatic rings. The Morgan fingerprint density at radius 2 is 1.72 bits per heavy atom. The molecular formula is C19H27N3O3. The maximum absolute atomic E-state index is 12.2. The van der Waals surface area contributed by atoms with Crippen molar-refractivity contribution < 1.29 is 14.4 Å². The van der Waals surface area contributed by atoms with Gasteiger partial charge in [0.15, 0.2) is 0 Å². The fourth-order valence-electron chi connectivity index (χ4n) is 2.72. The molecule has 0 unspecified atom stereocenters. The SMILES string of the molecule is CC[C@@H](C)NC(=O)c1ccc(CN2CCN(C(C)C)C(=O)C2=O)cc1. The minimum Gasteiger partial charge on any atom is -0.350 e. The molecule has 0 bridgehead atoms. The van der Waals surface area contributed by atoms with E-state index in [1.54, 1.807) is 21.9 Å². The van der Waals surface area contributed by atoms with Crippen LogP contribution in [0.1, 0.15) is 50.0 Å². The van der Waals surface area contributed by atoms with Crippen LogP contribution in [0.15, 0.2) is 24.3 Å². The molecule has 2 rings (SSSR count). The van der Waals surface area contributed by atoms with Gasteiger partial charge in [-0.25, -0.2) is 0 Å². The summed E-state index contributed by atoms with van der Waals surface area (Å²) in [5.41, 5.74) is 1.50. The molecule has 1 aliphatic rings. The standard InChI is InChI=1S/C19H27N3O3/c1-5-14(4)20-17(23)16-8-6-15(7-9-16)12-21-10-11-22(13(2)3)19(25)18(21)24/h6-9,13-14H,5,10-12H2,1-4H3,(H,20,23)/t14-/m1/s1. The second-order valence-corrected chi connectivity index (χ2v) is 6.80. The topological polar surface area (TPSA) is 69.7 Å². The lowest BCUT2D eigenvalue weighted by atomic mass is 10.1. The highest BCUT2D eigenvalue weighted by Gasteiger charge is 2.33. The summed E-state index contributed by atoms with van der Waals surface area (Å²) < 4.78 is 0. The van der Waals surface area contributed by atoms with E-state index in [2.05, 4.69) is 5.32 Å². The molecule has 1 aliphatic heterocycles. The molecule has 1 atom stereocenters. The average Bonchev–Trinajstić information content (AvgIpc) is 2.59. The van der Waals surface area contributed by atoms with Gasteiger partial charge in [-0.3, -0.25) is 14.4 Å². The van der Waals surface area contributed by atoms with E-state index in [-0.39, 0.29) is 18.0 Å². The van der Waals surface area contributed by atoms with Crippen molar-refractivity contribution in [3.05, 3.63) is 35.4 Å². The summed E-state index contributed by atoms with van der Waals surface area (Å²) in [7, 11) is 0. The number of rotatable bonds is 6. The smallest absolute Gasteiger partial charge is 0.312 e. The number of benzene rings is 1. The molecule has 1 aromatic carbocycles. The molecule has 0 saturated carbocycles. The zero-order valence-electron chi connectivity index (χ0n) is 15.4. The molecular weight excluding hydrogens is 318 g/mol. The molecule has 1 N–H and O–H groups in total. The van der Waals surface area contributed by atoms with Crippen LogP contribution < -0.4 is 5.32 Å². The number of amides is 3. The number of carbonyl (C=O) groups excluding carboxylic acids is 3. The van der Waals surface area contributed by atoms with E-state index in [0.717, 1.165) is 12.0 Å². The number of nitrogens with zero attached hydrogens (tertiary/aromatic N) is 2. The van der Waals surface area contributed by atoms with Crippen LogP contribution in [0, 0.1) is 0 Å². The summed E-state index contributed by atoms with van der Waals surface area (Å²) in [6.07, 6.45) is 0.877. The fourth-order valence-corrected chi connectivity index (χ4v) is 2.72. The third kappa shape index (κ3) is 4.59. The molecule has 0 spiro atoms. The quantitative estimate of drug-likeness (QED) is 0.799. The van der Waals surface area contributed by atoms with Crippen molar-refractivity contribution in [3.63, 3.8) is 0 Å². The number of hydrogen-bond acceptors (Lipinski definition) is 3. The van der Waals surface area contributed by atoms with Crippen molar-refractivity contribution in [2.75, 3.05) is 13.1 Å². The maximum atomic E-state index is 12.2. The third-order valence-electron chi connectivity index (χ3n) is 4.54. The second-order valence-electron chi connectivity index (χ2n) is 6.80. The number of piperazine rings is 1. The molecule has 3 amide bonds. The third-order valence-corrected chi connectivity index (χ3v) is 4.54. The predicted molar refractivity (Wildman–Crippen MR) is 95.9 cm³/mol. The van der Waals surface area contributed by atoms with Gasteiger partial charge in [-0.2, -0.15) is 0 Å². The molecule has 0 aromatic heterocycles. The van der Waals surface area contributed by atoms with Crippen LogP contribution in [0.25, 0.3) is 0 Å². The van der Waals surface area contributed by atoms with Gasteiger partial charge in [0, 0.05) is 37.3 Å². The van der Waals surface area contributed by atoms with Crippen molar-refractivity contribution in [2.45, 2.75) is 52.7 Å². The van der Waals surface area contributed by atoms with Gasteiger partial charge >= 0.3 is 11.8 Å². The molecule has 1 heterocycles. The first-order chi connectivity index (χ1) is 11.8. The highest BCUT2D eigenvalue weighted by molar-refractivity contribution is 6.35. The van der Waals surface area contributed by atoms with Crippen molar-refractivity contribution in [2.24, 2.45) is 0 Å². The van der Waals surface area contributed by atoms with Crippen molar-refractivity contribution in [3.8, 4) is 0 Å². The predicted octanol–water partition coefficient (Wildman–Crippen LogP) is 1.79. The molecule has 1 fully saturated rings. The van der Waals surface area contributed by atoms with Gasteiger partial charge in [0.25, 0.3) is 5.91 Å². The lowest BCUT2D eigenvalue weighted by molar-refractivity contribution is -0.157. The first kappa shape index (κ1) is 19.0. The van der Waals surface area contributed by atoms with E-state index in [4.69, 9.17) is 0 Å². The van der Waals surface area contributed by atoms with Crippen LogP contribution in [0.4, 0.5) is 0 Å². The molecule has 0 aliphatic carbocycles.